The van der Waals surface area contributed by atoms with Gasteiger partial charge in [-0.05, 0) is 71.9 Å². The first kappa shape index (κ1) is 15.8. The van der Waals surface area contributed by atoms with Gasteiger partial charge in [0.1, 0.15) is 5.75 Å². The summed E-state index contributed by atoms with van der Waals surface area (Å²) in [5, 5.41) is 0. The highest BCUT2D eigenvalue weighted by Gasteiger charge is 2.02. The van der Waals surface area contributed by atoms with Crippen LogP contribution >= 0.6 is 15.9 Å². The van der Waals surface area contributed by atoms with Gasteiger partial charge in [0.05, 0.1) is 11.1 Å². The smallest absolute Gasteiger partial charge is 0.264 e. The molecule has 0 unspecified atom stereocenters. The predicted molar refractivity (Wildman–Crippen MR) is 89.0 cm³/mol. The van der Waals surface area contributed by atoms with Crippen molar-refractivity contribution < 1.29 is 4.74 Å². The zero-order valence-electron chi connectivity index (χ0n) is 12.4. The van der Waals surface area contributed by atoms with Crippen molar-refractivity contribution in [2.45, 2.75) is 33.2 Å². The highest BCUT2D eigenvalue weighted by molar-refractivity contribution is 9.10. The third kappa shape index (κ3) is 4.74. The second-order valence-corrected chi connectivity index (χ2v) is 6.09. The molecule has 0 aliphatic heterocycles. The fourth-order valence-corrected chi connectivity index (χ4v) is 2.77. The average Bonchev–Trinajstić information content (AvgIpc) is 2.43. The van der Waals surface area contributed by atoms with Gasteiger partial charge < -0.3 is 9.30 Å². The average molecular weight is 350 g/mol. The molecule has 2 aromatic rings. The molecule has 1 aromatic carbocycles. The lowest BCUT2D eigenvalue weighted by Gasteiger charge is -2.09. The van der Waals surface area contributed by atoms with E-state index in [9.17, 15) is 4.79 Å². The molecule has 3 nitrogen and oxygen atoms in total. The lowest BCUT2D eigenvalue weighted by Crippen LogP contribution is -2.20. The molecule has 0 fully saturated rings. The third-order valence-electron chi connectivity index (χ3n) is 3.23. The van der Waals surface area contributed by atoms with E-state index >= 15 is 0 Å². The number of nitrogens with zero attached hydrogens (tertiary/aromatic N) is 1. The van der Waals surface area contributed by atoms with Crippen molar-refractivity contribution in [2.75, 3.05) is 6.61 Å². The molecular weight excluding hydrogens is 330 g/mol. The summed E-state index contributed by atoms with van der Waals surface area (Å²) in [7, 11) is 0. The van der Waals surface area contributed by atoms with E-state index < -0.39 is 0 Å². The SMILES string of the molecule is Cc1cccc(OCCCCn2cc(C)cc(Br)c2=O)c1. The van der Waals surface area contributed by atoms with E-state index in [1.54, 1.807) is 4.57 Å². The first-order chi connectivity index (χ1) is 10.1. The Hall–Kier alpha value is -1.55. The standard InChI is InChI=1S/C17H20BrNO2/c1-13-6-5-7-15(10-13)21-9-4-3-8-19-12-14(2)11-16(18)17(19)20/h5-7,10-12H,3-4,8-9H2,1-2H3. The molecule has 2 rings (SSSR count). The van der Waals surface area contributed by atoms with E-state index in [0.717, 1.165) is 30.7 Å². The van der Waals surface area contributed by atoms with E-state index in [1.807, 2.05) is 37.4 Å². The lowest BCUT2D eigenvalue weighted by molar-refractivity contribution is 0.302. The molecule has 1 aromatic heterocycles. The Labute approximate surface area is 133 Å². The molecule has 0 bridgehead atoms. The Morgan fingerprint density at radius 2 is 1.95 bits per heavy atom. The zero-order valence-corrected chi connectivity index (χ0v) is 14.0. The number of benzene rings is 1. The molecule has 0 radical (unpaired) electrons. The van der Waals surface area contributed by atoms with E-state index in [0.29, 0.717) is 11.1 Å². The topological polar surface area (TPSA) is 31.2 Å². The van der Waals surface area contributed by atoms with Gasteiger partial charge in [0.15, 0.2) is 0 Å². The number of hydrogen-bond acceptors (Lipinski definition) is 2. The van der Waals surface area contributed by atoms with Crippen molar-refractivity contribution in [2.24, 2.45) is 0 Å². The summed E-state index contributed by atoms with van der Waals surface area (Å²) in [4.78, 5) is 11.9. The van der Waals surface area contributed by atoms with Crippen molar-refractivity contribution in [3.8, 4) is 5.75 Å². The Morgan fingerprint density at radius 1 is 1.14 bits per heavy atom. The Morgan fingerprint density at radius 3 is 2.71 bits per heavy atom. The second-order valence-electron chi connectivity index (χ2n) is 5.24. The maximum absolute atomic E-state index is 11.9. The van der Waals surface area contributed by atoms with Gasteiger partial charge in [0.2, 0.25) is 0 Å². The maximum atomic E-state index is 11.9. The minimum atomic E-state index is 0.0280. The molecule has 21 heavy (non-hydrogen) atoms. The van der Waals surface area contributed by atoms with Gasteiger partial charge in [-0.3, -0.25) is 4.79 Å². The Balaban J connectivity index is 1.79. The van der Waals surface area contributed by atoms with Gasteiger partial charge >= 0.3 is 0 Å². The summed E-state index contributed by atoms with van der Waals surface area (Å²) in [6.07, 6.45) is 3.74. The summed E-state index contributed by atoms with van der Waals surface area (Å²) in [5.74, 6) is 0.908. The van der Waals surface area contributed by atoms with Crippen molar-refractivity contribution in [1.82, 2.24) is 4.57 Å². The van der Waals surface area contributed by atoms with Crippen LogP contribution in [0.4, 0.5) is 0 Å². The molecule has 0 aliphatic rings. The Kier molecular flexibility index (Phi) is 5.62. The van der Waals surface area contributed by atoms with Gasteiger partial charge in [-0.25, -0.2) is 0 Å². The van der Waals surface area contributed by atoms with Crippen LogP contribution in [0.2, 0.25) is 0 Å². The maximum Gasteiger partial charge on any atom is 0.264 e. The lowest BCUT2D eigenvalue weighted by atomic mass is 10.2. The first-order valence-electron chi connectivity index (χ1n) is 7.12. The number of ether oxygens (including phenoxy) is 1. The molecule has 0 aliphatic carbocycles. The molecule has 0 saturated carbocycles. The number of hydrogen-bond donors (Lipinski definition) is 0. The second kappa shape index (κ2) is 7.46. The third-order valence-corrected chi connectivity index (χ3v) is 3.80. The molecule has 0 amide bonds. The molecule has 112 valence electrons. The van der Waals surface area contributed by atoms with E-state index in [-0.39, 0.29) is 5.56 Å². The Bertz CT molecular complexity index is 664. The van der Waals surface area contributed by atoms with Gasteiger partial charge in [-0.15, -0.1) is 0 Å². The highest BCUT2D eigenvalue weighted by Crippen LogP contribution is 2.13. The summed E-state index contributed by atoms with van der Waals surface area (Å²) < 4.78 is 8.09. The van der Waals surface area contributed by atoms with Crippen LogP contribution in [0, 0.1) is 13.8 Å². The zero-order chi connectivity index (χ0) is 15.2. The normalized spacial score (nSPS) is 10.6. The fraction of sp³-hybridized carbons (Fsp3) is 0.353. The number of unbranched alkanes of at least 4 members (excludes halogenated alkanes) is 1. The molecule has 0 spiro atoms. The minimum Gasteiger partial charge on any atom is -0.494 e. The van der Waals surface area contributed by atoms with E-state index in [4.69, 9.17) is 4.74 Å². The highest BCUT2D eigenvalue weighted by atomic mass is 79.9. The monoisotopic (exact) mass is 349 g/mol. The molecule has 0 saturated heterocycles. The molecule has 0 atom stereocenters. The van der Waals surface area contributed by atoms with Gasteiger partial charge in [-0.2, -0.15) is 0 Å². The van der Waals surface area contributed by atoms with Crippen molar-refractivity contribution in [1.29, 1.82) is 0 Å². The van der Waals surface area contributed by atoms with Crippen LogP contribution < -0.4 is 10.3 Å². The minimum absolute atomic E-state index is 0.0280. The summed E-state index contributed by atoms with van der Waals surface area (Å²) in [5.41, 5.74) is 2.31. The van der Waals surface area contributed by atoms with Crippen LogP contribution in [0.25, 0.3) is 0 Å². The largest absolute Gasteiger partial charge is 0.494 e. The number of pyridine rings is 1. The van der Waals surface area contributed by atoms with Crippen LogP contribution in [0.5, 0.6) is 5.75 Å². The number of aromatic nitrogens is 1. The van der Waals surface area contributed by atoms with Crippen LogP contribution in [0.1, 0.15) is 24.0 Å². The van der Waals surface area contributed by atoms with Crippen molar-refractivity contribution in [3.63, 3.8) is 0 Å². The quantitative estimate of drug-likeness (QED) is 0.735. The molecule has 4 heteroatoms. The number of halogens is 1. The summed E-state index contributed by atoms with van der Waals surface area (Å²) >= 11 is 3.30. The van der Waals surface area contributed by atoms with Gasteiger partial charge in [-0.1, -0.05) is 12.1 Å². The van der Waals surface area contributed by atoms with Gasteiger partial charge in [0.25, 0.3) is 5.56 Å². The van der Waals surface area contributed by atoms with Gasteiger partial charge in [0, 0.05) is 12.7 Å². The summed E-state index contributed by atoms with van der Waals surface area (Å²) in [6, 6.07) is 9.89. The molecule has 0 N–H and O–H groups in total. The predicted octanol–water partition coefficient (Wildman–Crippen LogP) is 4.09. The van der Waals surface area contributed by atoms with Crippen molar-refractivity contribution in [3.05, 3.63) is 62.5 Å². The molecular formula is C17H20BrNO2. The number of rotatable bonds is 6. The van der Waals surface area contributed by atoms with E-state index in [2.05, 4.69) is 28.9 Å². The van der Waals surface area contributed by atoms with Crippen LogP contribution in [0.15, 0.2) is 45.8 Å². The number of aryl methyl sites for hydroxylation is 3. The molecule has 1 heterocycles. The van der Waals surface area contributed by atoms with Crippen LogP contribution in [-0.4, -0.2) is 11.2 Å². The van der Waals surface area contributed by atoms with Crippen molar-refractivity contribution >= 4 is 15.9 Å². The first-order valence-corrected chi connectivity index (χ1v) is 7.91. The fourth-order valence-electron chi connectivity index (χ4n) is 2.19. The van der Waals surface area contributed by atoms with E-state index in [1.165, 1.54) is 5.56 Å². The van der Waals surface area contributed by atoms with Crippen LogP contribution in [-0.2, 0) is 6.54 Å². The van der Waals surface area contributed by atoms with Crippen LogP contribution in [0.3, 0.4) is 0 Å². The summed E-state index contributed by atoms with van der Waals surface area (Å²) in [6.45, 7) is 5.43.